The molecule has 1 aromatic heterocycles. The predicted octanol–water partition coefficient (Wildman–Crippen LogP) is 5.56. The number of aromatic amines is 1. The van der Waals surface area contributed by atoms with E-state index in [1.165, 1.54) is 23.5 Å². The van der Waals surface area contributed by atoms with E-state index in [0.717, 1.165) is 16.5 Å². The van der Waals surface area contributed by atoms with Gasteiger partial charge in [0.25, 0.3) is 0 Å². The summed E-state index contributed by atoms with van der Waals surface area (Å²) in [5.41, 5.74) is 4.34. The Kier molecular flexibility index (Phi) is 10.9. The van der Waals surface area contributed by atoms with Crippen LogP contribution in [0.4, 0.5) is 27.5 Å². The monoisotopic (exact) mass is 662 g/mol. The van der Waals surface area contributed by atoms with Gasteiger partial charge < -0.3 is 21.3 Å². The number of rotatable bonds is 12. The first-order valence-corrected chi connectivity index (χ1v) is 14.9. The maximum atomic E-state index is 13.4. The number of nitrogens with zero attached hydrogens (tertiary/aromatic N) is 4. The van der Waals surface area contributed by atoms with E-state index in [1.54, 1.807) is 60.8 Å². The average molecular weight is 663 g/mol. The van der Waals surface area contributed by atoms with Crippen molar-refractivity contribution in [3.8, 4) is 0 Å². The molecule has 4 amide bonds. The van der Waals surface area contributed by atoms with Crippen LogP contribution in [-0.4, -0.2) is 47.1 Å². The first-order chi connectivity index (χ1) is 23.3. The van der Waals surface area contributed by atoms with E-state index < -0.39 is 23.9 Å². The summed E-state index contributed by atoms with van der Waals surface area (Å²) in [5, 5.41) is 27.6. The molecule has 5 rings (SSSR count). The molecule has 0 spiro atoms. The van der Waals surface area contributed by atoms with E-state index in [9.17, 15) is 14.4 Å². The number of aromatic nitrogens is 2. The Morgan fingerprint density at radius 2 is 1.65 bits per heavy atom. The summed E-state index contributed by atoms with van der Waals surface area (Å²) in [6, 6.07) is 24.9. The maximum Gasteiger partial charge on any atom is 0.323 e. The van der Waals surface area contributed by atoms with Gasteiger partial charge in [-0.1, -0.05) is 41.9 Å². The summed E-state index contributed by atoms with van der Waals surface area (Å²) in [6.45, 7) is 3.28. The molecular weight excluding hydrogens is 632 g/mol. The molecule has 48 heavy (non-hydrogen) atoms. The fourth-order valence-electron chi connectivity index (χ4n) is 4.67. The highest BCUT2D eigenvalue weighted by Crippen LogP contribution is 2.24. The number of amides is 4. The third-order valence-corrected chi connectivity index (χ3v) is 7.20. The number of urea groups is 1. The van der Waals surface area contributed by atoms with Gasteiger partial charge in [0.15, 0.2) is 0 Å². The minimum atomic E-state index is -0.920. The van der Waals surface area contributed by atoms with Gasteiger partial charge >= 0.3 is 6.03 Å². The molecule has 1 heterocycles. The van der Waals surface area contributed by atoms with E-state index in [0.29, 0.717) is 33.3 Å². The molecule has 0 aliphatic heterocycles. The molecule has 0 radical (unpaired) electrons. The van der Waals surface area contributed by atoms with Gasteiger partial charge in [-0.3, -0.25) is 19.7 Å². The largest absolute Gasteiger partial charge is 0.340 e. The van der Waals surface area contributed by atoms with Crippen molar-refractivity contribution in [2.45, 2.75) is 12.5 Å². The Morgan fingerprint density at radius 1 is 0.938 bits per heavy atom. The van der Waals surface area contributed by atoms with E-state index in [1.807, 2.05) is 36.4 Å². The molecule has 0 aliphatic rings. The van der Waals surface area contributed by atoms with Crippen molar-refractivity contribution in [3.63, 3.8) is 0 Å². The lowest BCUT2D eigenvalue weighted by Gasteiger charge is -2.18. The van der Waals surface area contributed by atoms with Crippen LogP contribution in [0.3, 0.4) is 0 Å². The standard InChI is InChI=1S/C34H31ClN10O3/c1-37-39-21-45(36)31-15-8-25(35)18-23(31)7-16-32(46)43-30(17-22-5-3-2-4-6-22)33(47)40-26-9-11-27(12-10-26)41-34(48)42-28-13-14-29-24(19-28)20-38-44-29/h2-16,18-21,30H,1,17,36H2,(H,38,44)(H,40,47)(H,43,46)(H2,41,42,48)/b16-7+,39-21-/t30-/m0/s1. The lowest BCUT2D eigenvalue weighted by Crippen LogP contribution is -2.44. The van der Waals surface area contributed by atoms with Crippen LogP contribution < -0.4 is 32.1 Å². The number of nitrogens with one attached hydrogen (secondary N) is 5. The first kappa shape index (κ1) is 33.1. The van der Waals surface area contributed by atoms with Crippen molar-refractivity contribution in [2.75, 3.05) is 21.0 Å². The molecule has 4 aromatic carbocycles. The second-order valence-corrected chi connectivity index (χ2v) is 10.8. The molecule has 1 atom stereocenters. The number of halogens is 1. The summed E-state index contributed by atoms with van der Waals surface area (Å²) in [6.07, 6.45) is 5.98. The molecule has 0 aliphatic carbocycles. The number of benzene rings is 4. The fraction of sp³-hybridized carbons (Fsp3) is 0.0588. The number of carbonyl (C=O) groups is 3. The van der Waals surface area contributed by atoms with Gasteiger partial charge in [0.1, 0.15) is 12.4 Å². The van der Waals surface area contributed by atoms with Crippen molar-refractivity contribution in [1.82, 2.24) is 15.5 Å². The molecule has 7 N–H and O–H groups in total. The molecule has 13 nitrogen and oxygen atoms in total. The Balaban J connectivity index is 1.23. The third kappa shape index (κ3) is 9.13. The highest BCUT2D eigenvalue weighted by atomic mass is 35.5. The molecule has 0 saturated heterocycles. The highest BCUT2D eigenvalue weighted by Gasteiger charge is 2.21. The molecule has 0 unspecified atom stereocenters. The van der Waals surface area contributed by atoms with Crippen LogP contribution in [0.25, 0.3) is 17.0 Å². The van der Waals surface area contributed by atoms with Gasteiger partial charge in [0, 0.05) is 52.2 Å². The zero-order valence-electron chi connectivity index (χ0n) is 25.4. The number of fused-ring (bicyclic) bond motifs is 1. The topological polar surface area (TPSA) is 182 Å². The Bertz CT molecular complexity index is 1980. The second-order valence-electron chi connectivity index (χ2n) is 10.4. The minimum absolute atomic E-state index is 0.237. The van der Waals surface area contributed by atoms with E-state index in [-0.39, 0.29) is 6.42 Å². The summed E-state index contributed by atoms with van der Waals surface area (Å²) in [5.74, 6) is 5.09. The van der Waals surface area contributed by atoms with Crippen LogP contribution in [0.5, 0.6) is 0 Å². The molecule has 242 valence electrons. The molecular formula is C34H31ClN10O3. The lowest BCUT2D eigenvalue weighted by molar-refractivity contribution is -0.123. The molecule has 0 saturated carbocycles. The van der Waals surface area contributed by atoms with Crippen molar-refractivity contribution in [1.29, 1.82) is 0 Å². The summed E-state index contributed by atoms with van der Waals surface area (Å²) in [4.78, 5) is 39.1. The van der Waals surface area contributed by atoms with Crippen LogP contribution >= 0.6 is 11.6 Å². The number of carbonyl (C=O) groups excluding carboxylic acids is 3. The average Bonchev–Trinajstić information content (AvgIpc) is 3.55. The van der Waals surface area contributed by atoms with Gasteiger partial charge in [-0.05, 0) is 72.3 Å². The van der Waals surface area contributed by atoms with Crippen molar-refractivity contribution in [3.05, 3.63) is 119 Å². The lowest BCUT2D eigenvalue weighted by atomic mass is 10.0. The predicted molar refractivity (Wildman–Crippen MR) is 191 cm³/mol. The second kappa shape index (κ2) is 15.8. The van der Waals surface area contributed by atoms with Crippen LogP contribution in [0, 0.1) is 0 Å². The molecule has 0 bridgehead atoms. The van der Waals surface area contributed by atoms with Crippen molar-refractivity contribution in [2.24, 2.45) is 16.0 Å². The number of hydrazine groups is 1. The number of hydrogen-bond donors (Lipinski definition) is 6. The smallest absolute Gasteiger partial charge is 0.323 e. The van der Waals surface area contributed by atoms with Gasteiger partial charge in [-0.25, -0.2) is 10.6 Å². The van der Waals surface area contributed by atoms with Gasteiger partial charge in [0.2, 0.25) is 11.8 Å². The molecule has 5 aromatic rings. The zero-order chi connectivity index (χ0) is 33.9. The molecule has 14 heteroatoms. The Morgan fingerprint density at radius 3 is 2.40 bits per heavy atom. The van der Waals surface area contributed by atoms with E-state index >= 15 is 0 Å². The fourth-order valence-corrected chi connectivity index (χ4v) is 4.85. The van der Waals surface area contributed by atoms with E-state index in [2.05, 4.69) is 48.4 Å². The highest BCUT2D eigenvalue weighted by molar-refractivity contribution is 6.30. The number of anilines is 4. The van der Waals surface area contributed by atoms with Crippen molar-refractivity contribution < 1.29 is 14.4 Å². The normalized spacial score (nSPS) is 11.7. The van der Waals surface area contributed by atoms with Crippen LogP contribution in [0.1, 0.15) is 11.1 Å². The quantitative estimate of drug-likeness (QED) is 0.0334. The SMILES string of the molecule is C=N/N=C\N(N)c1ccc(Cl)cc1/C=C/C(=O)N[C@@H](Cc1ccccc1)C(=O)Nc1ccc(NC(=O)Nc2ccc3[nH]ncc3c2)cc1. The summed E-state index contributed by atoms with van der Waals surface area (Å²) in [7, 11) is 0. The van der Waals surface area contributed by atoms with Crippen LogP contribution in [0.15, 0.2) is 113 Å². The number of hydrogen-bond acceptors (Lipinski definition) is 7. The van der Waals surface area contributed by atoms with Gasteiger partial charge in [-0.15, -0.1) is 5.10 Å². The minimum Gasteiger partial charge on any atom is -0.340 e. The number of nitrogens with two attached hydrogens (primary N) is 1. The van der Waals surface area contributed by atoms with Crippen molar-refractivity contribution >= 4 is 82.2 Å². The van der Waals surface area contributed by atoms with Crippen LogP contribution in [-0.2, 0) is 16.0 Å². The van der Waals surface area contributed by atoms with Crippen LogP contribution in [0.2, 0.25) is 5.02 Å². The summed E-state index contributed by atoms with van der Waals surface area (Å²) < 4.78 is 0. The first-order valence-electron chi connectivity index (χ1n) is 14.5. The van der Waals surface area contributed by atoms with Gasteiger partial charge in [-0.2, -0.15) is 10.2 Å². The Hall–Kier alpha value is -6.31. The number of H-pyrrole nitrogens is 1. The van der Waals surface area contributed by atoms with Gasteiger partial charge in [0.05, 0.1) is 17.4 Å². The summed E-state index contributed by atoms with van der Waals surface area (Å²) >= 11 is 6.18. The van der Waals surface area contributed by atoms with E-state index in [4.69, 9.17) is 17.4 Å². The molecule has 0 fully saturated rings. The third-order valence-electron chi connectivity index (χ3n) is 6.96. The zero-order valence-corrected chi connectivity index (χ0v) is 26.2. The maximum absolute atomic E-state index is 13.4. The Labute approximate surface area is 280 Å².